The molecule has 1 N–H and O–H groups in total. The van der Waals surface area contributed by atoms with Gasteiger partial charge in [-0.2, -0.15) is 0 Å². The predicted molar refractivity (Wildman–Crippen MR) is 82.3 cm³/mol. The number of likely N-dealkylation sites (N-methyl/N-ethyl adjacent to an activating group) is 1. The van der Waals surface area contributed by atoms with E-state index >= 15 is 0 Å². The summed E-state index contributed by atoms with van der Waals surface area (Å²) in [5.74, 6) is -0.184. The monoisotopic (exact) mass is 271 g/mol. The molecular weight excluding hydrogens is 249 g/mol. The Morgan fingerprint density at radius 2 is 1.50 bits per heavy atom. The highest BCUT2D eigenvalue weighted by Gasteiger charge is 2.11. The van der Waals surface area contributed by atoms with Crippen LogP contribution in [0.15, 0.2) is 48.5 Å². The van der Waals surface area contributed by atoms with Crippen molar-refractivity contribution in [1.29, 1.82) is 0 Å². The minimum Gasteiger partial charge on any atom is -0.310 e. The largest absolute Gasteiger partial charge is 0.310 e. The van der Waals surface area contributed by atoms with Crippen LogP contribution in [0.5, 0.6) is 0 Å². The quantitative estimate of drug-likeness (QED) is 0.827. The number of rotatable bonds is 6. The number of hydrogen-bond acceptors (Lipinski definition) is 1. The van der Waals surface area contributed by atoms with Crippen LogP contribution in [0.3, 0.4) is 0 Å². The van der Waals surface area contributed by atoms with Crippen molar-refractivity contribution in [1.82, 2.24) is 5.32 Å². The summed E-state index contributed by atoms with van der Waals surface area (Å²) in [6, 6.07) is 15.8. The van der Waals surface area contributed by atoms with Gasteiger partial charge in [0.05, 0.1) is 0 Å². The smallest absolute Gasteiger partial charge is 0.123 e. The maximum Gasteiger partial charge on any atom is 0.123 e. The second-order valence-electron chi connectivity index (χ2n) is 5.04. The molecular formula is C18H22FN. The summed E-state index contributed by atoms with van der Waals surface area (Å²) < 4.78 is 13.0. The fraction of sp³-hybridized carbons (Fsp3) is 0.333. The van der Waals surface area contributed by atoms with Crippen LogP contribution in [0.1, 0.15) is 36.6 Å². The van der Waals surface area contributed by atoms with Gasteiger partial charge in [0, 0.05) is 6.04 Å². The van der Waals surface area contributed by atoms with E-state index in [0.717, 1.165) is 24.9 Å². The molecule has 0 bridgehead atoms. The highest BCUT2D eigenvalue weighted by atomic mass is 19.1. The maximum absolute atomic E-state index is 13.0. The first-order chi connectivity index (χ1) is 9.72. The van der Waals surface area contributed by atoms with Crippen molar-refractivity contribution in [2.45, 2.75) is 32.7 Å². The predicted octanol–water partition coefficient (Wildman–Crippen LogP) is 4.28. The van der Waals surface area contributed by atoms with Crippen molar-refractivity contribution in [3.8, 4) is 0 Å². The van der Waals surface area contributed by atoms with Gasteiger partial charge >= 0.3 is 0 Å². The lowest BCUT2D eigenvalue weighted by Gasteiger charge is -2.18. The van der Waals surface area contributed by atoms with Crippen LogP contribution in [0.4, 0.5) is 4.39 Å². The van der Waals surface area contributed by atoms with Gasteiger partial charge in [-0.15, -0.1) is 0 Å². The second-order valence-corrected chi connectivity index (χ2v) is 5.04. The highest BCUT2D eigenvalue weighted by Crippen LogP contribution is 2.19. The summed E-state index contributed by atoms with van der Waals surface area (Å²) in [4.78, 5) is 0. The maximum atomic E-state index is 13.0. The summed E-state index contributed by atoms with van der Waals surface area (Å²) >= 11 is 0. The number of hydrogen-bond donors (Lipinski definition) is 1. The summed E-state index contributed by atoms with van der Waals surface area (Å²) in [6.07, 6.45) is 1.98. The van der Waals surface area contributed by atoms with Gasteiger partial charge in [-0.1, -0.05) is 50.2 Å². The van der Waals surface area contributed by atoms with Gasteiger partial charge in [0.15, 0.2) is 0 Å². The molecule has 1 unspecified atom stereocenters. The SMILES string of the molecule is CCNC(Cc1ccc(CC)cc1)c1ccc(F)cc1. The highest BCUT2D eigenvalue weighted by molar-refractivity contribution is 5.26. The summed E-state index contributed by atoms with van der Waals surface area (Å²) in [7, 11) is 0. The lowest BCUT2D eigenvalue weighted by atomic mass is 9.98. The van der Waals surface area contributed by atoms with E-state index in [0.29, 0.717) is 0 Å². The van der Waals surface area contributed by atoms with Crippen LogP contribution in [0.25, 0.3) is 0 Å². The average molecular weight is 271 g/mol. The summed E-state index contributed by atoms with van der Waals surface area (Å²) in [5, 5.41) is 3.47. The van der Waals surface area contributed by atoms with E-state index in [2.05, 4.69) is 43.4 Å². The third-order valence-corrected chi connectivity index (χ3v) is 3.59. The molecule has 1 atom stereocenters. The number of benzene rings is 2. The molecule has 0 aliphatic carbocycles. The van der Waals surface area contributed by atoms with Crippen LogP contribution in [-0.4, -0.2) is 6.54 Å². The van der Waals surface area contributed by atoms with Crippen molar-refractivity contribution in [2.24, 2.45) is 0 Å². The molecule has 0 fully saturated rings. The fourth-order valence-corrected chi connectivity index (χ4v) is 2.40. The van der Waals surface area contributed by atoms with Crippen LogP contribution < -0.4 is 5.32 Å². The molecule has 0 aromatic heterocycles. The summed E-state index contributed by atoms with van der Waals surface area (Å²) in [6.45, 7) is 5.15. The Morgan fingerprint density at radius 3 is 2.05 bits per heavy atom. The molecule has 2 aromatic carbocycles. The van der Waals surface area contributed by atoms with Gasteiger partial charge < -0.3 is 5.32 Å². The topological polar surface area (TPSA) is 12.0 Å². The van der Waals surface area contributed by atoms with E-state index in [9.17, 15) is 4.39 Å². The molecule has 106 valence electrons. The Morgan fingerprint density at radius 1 is 0.900 bits per heavy atom. The lowest BCUT2D eigenvalue weighted by Crippen LogP contribution is -2.22. The molecule has 2 rings (SSSR count). The van der Waals surface area contributed by atoms with E-state index < -0.39 is 0 Å². The molecule has 1 nitrogen and oxygen atoms in total. The van der Waals surface area contributed by atoms with Crippen LogP contribution in [0, 0.1) is 5.82 Å². The minimum atomic E-state index is -0.184. The van der Waals surface area contributed by atoms with Crippen molar-refractivity contribution < 1.29 is 4.39 Å². The fourth-order valence-electron chi connectivity index (χ4n) is 2.40. The van der Waals surface area contributed by atoms with Gasteiger partial charge in [-0.25, -0.2) is 4.39 Å². The first kappa shape index (κ1) is 14.7. The minimum absolute atomic E-state index is 0.184. The summed E-state index contributed by atoms with van der Waals surface area (Å²) in [5.41, 5.74) is 3.79. The molecule has 0 heterocycles. The zero-order valence-corrected chi connectivity index (χ0v) is 12.2. The molecule has 0 spiro atoms. The molecule has 2 heteroatoms. The zero-order chi connectivity index (χ0) is 14.4. The Balaban J connectivity index is 2.13. The van der Waals surface area contributed by atoms with Gasteiger partial charge in [-0.3, -0.25) is 0 Å². The molecule has 0 saturated heterocycles. The third-order valence-electron chi connectivity index (χ3n) is 3.59. The molecule has 0 radical (unpaired) electrons. The second kappa shape index (κ2) is 7.20. The molecule has 2 aromatic rings. The normalized spacial score (nSPS) is 12.3. The van der Waals surface area contributed by atoms with Crippen molar-refractivity contribution >= 4 is 0 Å². The van der Waals surface area contributed by atoms with Crippen LogP contribution in [-0.2, 0) is 12.8 Å². The average Bonchev–Trinajstić information content (AvgIpc) is 2.48. The number of halogens is 1. The molecule has 0 aliphatic heterocycles. The van der Waals surface area contributed by atoms with Crippen molar-refractivity contribution in [2.75, 3.05) is 6.54 Å². The first-order valence-corrected chi connectivity index (χ1v) is 7.29. The Kier molecular flexibility index (Phi) is 5.31. The lowest BCUT2D eigenvalue weighted by molar-refractivity contribution is 0.547. The van der Waals surface area contributed by atoms with E-state index in [1.807, 2.05) is 12.1 Å². The molecule has 0 amide bonds. The number of nitrogens with one attached hydrogen (secondary N) is 1. The van der Waals surface area contributed by atoms with Gasteiger partial charge in [-0.05, 0) is 48.2 Å². The van der Waals surface area contributed by atoms with Crippen LogP contribution >= 0.6 is 0 Å². The van der Waals surface area contributed by atoms with Gasteiger partial charge in [0.1, 0.15) is 5.82 Å². The molecule has 0 aliphatic rings. The van der Waals surface area contributed by atoms with Gasteiger partial charge in [0.25, 0.3) is 0 Å². The van der Waals surface area contributed by atoms with E-state index in [1.165, 1.54) is 23.3 Å². The Hall–Kier alpha value is -1.67. The Bertz CT molecular complexity index is 516. The van der Waals surface area contributed by atoms with E-state index in [4.69, 9.17) is 0 Å². The van der Waals surface area contributed by atoms with Crippen LogP contribution in [0.2, 0.25) is 0 Å². The van der Waals surface area contributed by atoms with E-state index in [1.54, 1.807) is 0 Å². The Labute approximate surface area is 120 Å². The van der Waals surface area contributed by atoms with Crippen molar-refractivity contribution in [3.05, 3.63) is 71.0 Å². The molecule has 20 heavy (non-hydrogen) atoms. The zero-order valence-electron chi connectivity index (χ0n) is 12.2. The third kappa shape index (κ3) is 3.91. The number of aryl methyl sites for hydroxylation is 1. The first-order valence-electron chi connectivity index (χ1n) is 7.29. The van der Waals surface area contributed by atoms with E-state index in [-0.39, 0.29) is 11.9 Å². The molecule has 0 saturated carbocycles. The van der Waals surface area contributed by atoms with Gasteiger partial charge in [0.2, 0.25) is 0 Å². The standard InChI is InChI=1S/C18H22FN/c1-3-14-5-7-15(8-6-14)13-18(20-4-2)16-9-11-17(19)12-10-16/h5-12,18,20H,3-4,13H2,1-2H3. The van der Waals surface area contributed by atoms with Crippen molar-refractivity contribution in [3.63, 3.8) is 0 Å².